The Hall–Kier alpha value is -4.48. The number of fused-ring (bicyclic) bond motifs is 2. The summed E-state index contributed by atoms with van der Waals surface area (Å²) in [6.45, 7) is -0.0217. The minimum atomic E-state index is -0.982. The summed E-state index contributed by atoms with van der Waals surface area (Å²) in [5, 5.41) is 8.99. The van der Waals surface area contributed by atoms with E-state index in [1.54, 1.807) is 12.1 Å². The molecule has 2 aromatic carbocycles. The Kier molecular flexibility index (Phi) is 7.09. The fourth-order valence-electron chi connectivity index (χ4n) is 4.02. The van der Waals surface area contributed by atoms with E-state index in [0.29, 0.717) is 5.39 Å². The molecule has 195 valence electrons. The predicted octanol–water partition coefficient (Wildman–Crippen LogP) is 3.03. The van der Waals surface area contributed by atoms with Gasteiger partial charge in [0.15, 0.2) is 5.82 Å². The number of nitrogens with zero attached hydrogens (tertiary/aromatic N) is 3. The van der Waals surface area contributed by atoms with Crippen LogP contribution in [0.2, 0.25) is 5.02 Å². The van der Waals surface area contributed by atoms with E-state index in [1.807, 2.05) is 12.1 Å². The van der Waals surface area contributed by atoms with Crippen molar-refractivity contribution in [2.24, 2.45) is 0 Å². The van der Waals surface area contributed by atoms with Crippen LogP contribution in [-0.2, 0) is 24.0 Å². The number of hydrogen-bond donors (Lipinski definition) is 3. The molecule has 2 aromatic heterocycles. The van der Waals surface area contributed by atoms with Gasteiger partial charge in [0, 0.05) is 16.0 Å². The van der Waals surface area contributed by atoms with Crippen LogP contribution in [0.4, 0.5) is 10.2 Å². The van der Waals surface area contributed by atoms with Gasteiger partial charge >= 0.3 is 0 Å². The van der Waals surface area contributed by atoms with Gasteiger partial charge in [-0.2, -0.15) is 10.1 Å². The molecule has 0 spiro atoms. The molecular formula is C23H17ClEsFN6O3S2-. The van der Waals surface area contributed by atoms with Gasteiger partial charge in [-0.1, -0.05) is 29.8 Å². The SMILES string of the molecule is O=C1Cn2c(C(=O)NCC[S-])nc(NC(=O)c3nsc4ccccc34)c2C(c2cc(F)ccc2Cl)N1.[Es]. The van der Waals surface area contributed by atoms with Gasteiger partial charge in [0.1, 0.15) is 18.1 Å². The minimum Gasteiger partial charge on any atom is -0.791 e. The molecule has 1 aliphatic heterocycles. The summed E-state index contributed by atoms with van der Waals surface area (Å²) in [7, 11) is 0. The summed E-state index contributed by atoms with van der Waals surface area (Å²) in [4.78, 5) is 43.1. The second-order valence-electron chi connectivity index (χ2n) is 7.86. The largest absolute Gasteiger partial charge is 0.791 e. The van der Waals surface area contributed by atoms with E-state index in [1.165, 1.54) is 34.3 Å². The molecule has 1 radical (unpaired) electrons. The van der Waals surface area contributed by atoms with Crippen LogP contribution < -0.4 is 16.0 Å². The molecule has 0 aliphatic carbocycles. The van der Waals surface area contributed by atoms with Crippen molar-refractivity contribution in [1.82, 2.24) is 24.6 Å². The first-order valence-corrected chi connectivity index (χ1v) is 12.5. The summed E-state index contributed by atoms with van der Waals surface area (Å²) < 4.78 is 20.6. The molecule has 0 saturated carbocycles. The third-order valence-electron chi connectivity index (χ3n) is 5.57. The van der Waals surface area contributed by atoms with Crippen molar-refractivity contribution >= 4 is 69.4 Å². The van der Waals surface area contributed by atoms with Crippen LogP contribution >= 0.6 is 23.1 Å². The Labute approximate surface area is 218 Å². The van der Waals surface area contributed by atoms with Crippen LogP contribution in [0.3, 0.4) is 0 Å². The maximum Gasteiger partial charge on any atom is 0.287 e. The van der Waals surface area contributed by atoms with Gasteiger partial charge in [0.2, 0.25) is 11.7 Å². The van der Waals surface area contributed by atoms with Crippen molar-refractivity contribution < 1.29 is 18.8 Å². The van der Waals surface area contributed by atoms with Crippen molar-refractivity contribution in [3.63, 3.8) is 0 Å². The number of benzene rings is 2. The number of carbonyl (C=O) groups excluding carboxylic acids is 3. The number of imidazole rings is 1. The number of aromatic nitrogens is 3. The Morgan fingerprint density at radius 3 is 2.81 bits per heavy atom. The standard InChI is InChI=1S/C23H18ClFN6O3S2.Es/c24-14-6-5-11(25)9-13(14)17-19-20(29-22(33)18-12-3-1-2-4-15(12)36-30-18)28-21(23(34)26-7-8-35)31(19)10-16(32)27-17;/h1-6,9,17,35H,7-8,10H2,(H,26,34)(H,27,32)(H,29,33);/p-1. The van der Waals surface area contributed by atoms with Gasteiger partial charge in [-0.3, -0.25) is 14.4 Å². The van der Waals surface area contributed by atoms with E-state index < -0.39 is 29.6 Å². The molecule has 14 heteroatoms. The number of nitrogens with one attached hydrogen (secondary N) is 3. The number of halogens is 2. The quantitative estimate of drug-likeness (QED) is 0.259. The van der Waals surface area contributed by atoms with E-state index in [4.69, 9.17) is 24.2 Å². The van der Waals surface area contributed by atoms with E-state index in [0.717, 1.165) is 4.70 Å². The van der Waals surface area contributed by atoms with Crippen LogP contribution in [0.15, 0.2) is 42.5 Å². The third kappa shape index (κ3) is 4.69. The summed E-state index contributed by atoms with van der Waals surface area (Å²) in [5.41, 5.74) is 0.714. The Morgan fingerprint density at radius 1 is 1.24 bits per heavy atom. The average molecular weight is 796 g/mol. The van der Waals surface area contributed by atoms with Gasteiger partial charge < -0.3 is 33.1 Å². The van der Waals surface area contributed by atoms with E-state index in [2.05, 4.69) is 25.3 Å². The summed E-state index contributed by atoms with van der Waals surface area (Å²) >= 11 is 12.4. The number of rotatable bonds is 6. The zero-order valence-corrected chi connectivity index (χ0v) is 23.6. The molecule has 0 bridgehead atoms. The van der Waals surface area contributed by atoms with E-state index in [9.17, 15) is 18.8 Å². The van der Waals surface area contributed by atoms with Gasteiger partial charge in [0.05, 0.1) is 16.4 Å². The van der Waals surface area contributed by atoms with Gasteiger partial charge in [-0.15, -0.1) is 0 Å². The average Bonchev–Trinajstić information content (AvgIpc) is 3.45. The Morgan fingerprint density at radius 2 is 2.03 bits per heavy atom. The fraction of sp³-hybridized carbons (Fsp3) is 0.174. The van der Waals surface area contributed by atoms with E-state index in [-0.39, 0.29) is 52.5 Å². The first-order valence-electron chi connectivity index (χ1n) is 10.7. The second-order valence-corrected chi connectivity index (χ2v) is 9.48. The number of carbonyl (C=O) groups is 3. The molecule has 1 aliphatic rings. The topological polar surface area (TPSA) is 118 Å². The van der Waals surface area contributed by atoms with Gasteiger partial charge in [-0.25, -0.2) is 9.37 Å². The number of anilines is 1. The fourth-order valence-corrected chi connectivity index (χ4v) is 5.12. The second kappa shape index (κ2) is 10.2. The molecule has 3 N–H and O–H groups in total. The molecule has 3 heterocycles. The minimum absolute atomic E-state index is 0. The molecule has 0 fully saturated rings. The normalized spacial score (nSPS) is 14.5. The molecule has 37 heavy (non-hydrogen) atoms. The van der Waals surface area contributed by atoms with Crippen LogP contribution in [0.5, 0.6) is 0 Å². The summed E-state index contributed by atoms with van der Waals surface area (Å²) in [6, 6.07) is 10.0. The maximum absolute atomic E-state index is 14.1. The molecule has 4 aromatic rings. The molecular weight excluding hydrogens is 779 g/mol. The molecule has 9 nitrogen and oxygen atoms in total. The Bertz CT molecular complexity index is 1530. The first kappa shape index (κ1) is 25.6. The molecule has 1 atom stereocenters. The van der Waals surface area contributed by atoms with Crippen LogP contribution in [0.25, 0.3) is 10.1 Å². The van der Waals surface area contributed by atoms with Crippen molar-refractivity contribution in [3.05, 3.63) is 76.1 Å². The van der Waals surface area contributed by atoms with Gasteiger partial charge in [0.25, 0.3) is 11.8 Å². The third-order valence-corrected chi connectivity index (χ3v) is 6.95. The predicted molar refractivity (Wildman–Crippen MR) is 136 cm³/mol. The molecule has 0 saturated heterocycles. The zero-order chi connectivity index (χ0) is 25.4. The van der Waals surface area contributed by atoms with Crippen LogP contribution in [0, 0.1) is 5.82 Å². The number of hydrogen-bond acceptors (Lipinski definition) is 7. The van der Waals surface area contributed by atoms with E-state index >= 15 is 0 Å². The Balaban J connectivity index is 0.00000320. The number of amides is 3. The maximum atomic E-state index is 14.1. The zero-order valence-electron chi connectivity index (χ0n) is 18.7. The van der Waals surface area contributed by atoms with Crippen LogP contribution in [0.1, 0.15) is 38.4 Å². The smallest absolute Gasteiger partial charge is 0.287 e. The monoisotopic (exact) mass is 795 g/mol. The van der Waals surface area contributed by atoms with Crippen molar-refractivity contribution in [2.45, 2.75) is 12.6 Å². The van der Waals surface area contributed by atoms with Gasteiger partial charge in [-0.05, 0) is 42.3 Å². The molecule has 5 rings (SSSR count). The summed E-state index contributed by atoms with van der Waals surface area (Å²) in [6.07, 6.45) is 0. The van der Waals surface area contributed by atoms with Crippen molar-refractivity contribution in [1.29, 1.82) is 0 Å². The molecule has 1 unspecified atom stereocenters. The van der Waals surface area contributed by atoms with Crippen molar-refractivity contribution in [2.75, 3.05) is 17.6 Å². The summed E-state index contributed by atoms with van der Waals surface area (Å²) in [5.74, 6) is -1.92. The first-order chi connectivity index (χ1) is 17.4. The molecule has 3 amide bonds. The van der Waals surface area contributed by atoms with Crippen LogP contribution in [-0.4, -0.2) is 43.9 Å². The van der Waals surface area contributed by atoms with Crippen molar-refractivity contribution in [3.8, 4) is 0 Å².